The number of nitrogens with two attached hydrogens (primary N) is 1. The average molecular weight is 148 g/mol. The molecule has 0 amide bonds. The van der Waals surface area contributed by atoms with Crippen molar-refractivity contribution >= 4 is 34.8 Å². The topological polar surface area (TPSA) is 26.0 Å². The molecular formula is C2H4Cl3N. The Balaban J connectivity index is 2.99. The summed E-state index contributed by atoms with van der Waals surface area (Å²) in [6.07, 6.45) is 0. The van der Waals surface area contributed by atoms with Gasteiger partial charge in [0.05, 0.1) is 0 Å². The number of hydrogen-bond acceptors (Lipinski definition) is 1. The maximum absolute atomic E-state index is 5.13. The molecule has 0 fully saturated rings. The Morgan fingerprint density at radius 1 is 1.17 bits per heavy atom. The van der Waals surface area contributed by atoms with E-state index in [9.17, 15) is 0 Å². The molecule has 1 unspecified atom stereocenters. The van der Waals surface area contributed by atoms with E-state index < -0.39 is 10.3 Å². The number of rotatable bonds is 1. The third kappa shape index (κ3) is 3.04. The molecule has 1 atom stereocenters. The Kier molecular flexibility index (Phi) is 3.32. The highest BCUT2D eigenvalue weighted by molar-refractivity contribution is 6.48. The van der Waals surface area contributed by atoms with Crippen molar-refractivity contribution in [3.63, 3.8) is 0 Å². The van der Waals surface area contributed by atoms with Crippen LogP contribution in [0.2, 0.25) is 0 Å². The van der Waals surface area contributed by atoms with Gasteiger partial charge in [-0.05, 0) is 0 Å². The average Bonchev–Trinajstić information content (AvgIpc) is 1.36. The van der Waals surface area contributed by atoms with Crippen LogP contribution in [0.15, 0.2) is 0 Å². The van der Waals surface area contributed by atoms with E-state index in [0.29, 0.717) is 0 Å². The fourth-order valence-electron chi connectivity index (χ4n) is 0. The van der Waals surface area contributed by atoms with Gasteiger partial charge >= 0.3 is 0 Å². The molecule has 0 rings (SSSR count). The van der Waals surface area contributed by atoms with E-state index >= 15 is 0 Å². The highest BCUT2D eigenvalue weighted by Crippen LogP contribution is 2.07. The minimum Gasteiger partial charge on any atom is -0.313 e. The lowest BCUT2D eigenvalue weighted by atomic mass is 10.8. The molecule has 0 heterocycles. The maximum Gasteiger partial charge on any atom is 0.136 e. The van der Waals surface area contributed by atoms with Gasteiger partial charge in [0.2, 0.25) is 0 Å². The molecule has 0 saturated heterocycles. The zero-order valence-electron chi connectivity index (χ0n) is 2.87. The standard InChI is InChI=1S/C2H4Cl3N/c3-1(4)2(5)6/h1-2H,6H2. The molecular weight excluding hydrogens is 144 g/mol. The Hall–Kier alpha value is 0.830. The Bertz CT molecular complexity index is 29.8. The van der Waals surface area contributed by atoms with Crippen LogP contribution in [0.4, 0.5) is 0 Å². The van der Waals surface area contributed by atoms with Crippen LogP contribution in [-0.4, -0.2) is 10.3 Å². The summed E-state index contributed by atoms with van der Waals surface area (Å²) in [5.41, 5.74) is 4.29. The molecule has 0 radical (unpaired) electrons. The first-order chi connectivity index (χ1) is 2.64. The summed E-state index contributed by atoms with van der Waals surface area (Å²) < 4.78 is 0. The van der Waals surface area contributed by atoms with Crippen LogP contribution in [0.1, 0.15) is 0 Å². The summed E-state index contributed by atoms with van der Waals surface area (Å²) in [7, 11) is 0. The first-order valence-corrected chi connectivity index (χ1v) is 2.63. The molecule has 0 spiro atoms. The molecule has 0 bridgehead atoms. The molecule has 0 aromatic heterocycles. The van der Waals surface area contributed by atoms with Gasteiger partial charge in [0.25, 0.3) is 0 Å². The Morgan fingerprint density at radius 3 is 1.33 bits per heavy atom. The second-order valence-electron chi connectivity index (χ2n) is 0.779. The second kappa shape index (κ2) is 2.92. The van der Waals surface area contributed by atoms with Crippen LogP contribution in [0, 0.1) is 0 Å². The zero-order chi connectivity index (χ0) is 5.15. The summed E-state index contributed by atoms with van der Waals surface area (Å²) in [6, 6.07) is 0. The smallest absolute Gasteiger partial charge is 0.136 e. The Morgan fingerprint density at radius 2 is 1.33 bits per heavy atom. The van der Waals surface area contributed by atoms with E-state index in [4.69, 9.17) is 40.5 Å². The van der Waals surface area contributed by atoms with Gasteiger partial charge < -0.3 is 5.73 Å². The zero-order valence-corrected chi connectivity index (χ0v) is 5.13. The highest BCUT2D eigenvalue weighted by atomic mass is 35.5. The van der Waals surface area contributed by atoms with Crippen LogP contribution in [0.25, 0.3) is 0 Å². The van der Waals surface area contributed by atoms with Crippen LogP contribution >= 0.6 is 34.8 Å². The van der Waals surface area contributed by atoms with Crippen molar-refractivity contribution in [2.45, 2.75) is 10.3 Å². The normalized spacial score (nSPS) is 15.5. The van der Waals surface area contributed by atoms with Crippen LogP contribution in [-0.2, 0) is 0 Å². The molecule has 2 N–H and O–H groups in total. The summed E-state index contributed by atoms with van der Waals surface area (Å²) >= 11 is 15.4. The summed E-state index contributed by atoms with van der Waals surface area (Å²) in [6.45, 7) is 0. The van der Waals surface area contributed by atoms with Crippen molar-refractivity contribution in [2.24, 2.45) is 5.73 Å². The van der Waals surface area contributed by atoms with Crippen LogP contribution < -0.4 is 5.73 Å². The lowest BCUT2D eigenvalue weighted by Gasteiger charge is -1.98. The van der Waals surface area contributed by atoms with E-state index in [0.717, 1.165) is 0 Å². The summed E-state index contributed by atoms with van der Waals surface area (Å²) in [4.78, 5) is -0.660. The fourth-order valence-corrected chi connectivity index (χ4v) is 0. The molecule has 0 aliphatic carbocycles. The third-order valence-corrected chi connectivity index (χ3v) is 1.29. The number of hydrogen-bond donors (Lipinski definition) is 1. The van der Waals surface area contributed by atoms with Crippen LogP contribution in [0.5, 0.6) is 0 Å². The summed E-state index contributed by atoms with van der Waals surface area (Å²) in [5, 5.41) is 0. The quantitative estimate of drug-likeness (QED) is 0.440. The van der Waals surface area contributed by atoms with E-state index in [1.807, 2.05) is 0 Å². The van der Waals surface area contributed by atoms with E-state index in [2.05, 4.69) is 0 Å². The lowest BCUT2D eigenvalue weighted by Crippen LogP contribution is -2.19. The maximum atomic E-state index is 5.13. The number of alkyl halides is 3. The molecule has 0 aromatic rings. The number of halogens is 3. The third-order valence-electron chi connectivity index (χ3n) is 0.241. The van der Waals surface area contributed by atoms with E-state index in [1.54, 1.807) is 0 Å². The molecule has 1 nitrogen and oxygen atoms in total. The van der Waals surface area contributed by atoms with Crippen LogP contribution in [0.3, 0.4) is 0 Å². The molecule has 4 heteroatoms. The largest absolute Gasteiger partial charge is 0.313 e. The van der Waals surface area contributed by atoms with Gasteiger partial charge in [-0.25, -0.2) is 0 Å². The predicted octanol–water partition coefficient (Wildman–Crippen LogP) is 1.31. The molecule has 0 aromatic carbocycles. The van der Waals surface area contributed by atoms with E-state index in [-0.39, 0.29) is 0 Å². The van der Waals surface area contributed by atoms with Gasteiger partial charge in [0.1, 0.15) is 10.3 Å². The molecule has 0 aliphatic rings. The Labute approximate surface area is 51.4 Å². The first-order valence-electron chi connectivity index (χ1n) is 1.32. The predicted molar refractivity (Wildman–Crippen MR) is 29.3 cm³/mol. The molecule has 0 aliphatic heterocycles. The van der Waals surface area contributed by atoms with Gasteiger partial charge in [-0.1, -0.05) is 0 Å². The first kappa shape index (κ1) is 6.83. The van der Waals surface area contributed by atoms with Crippen molar-refractivity contribution in [1.82, 2.24) is 0 Å². The van der Waals surface area contributed by atoms with Gasteiger partial charge in [0, 0.05) is 0 Å². The lowest BCUT2D eigenvalue weighted by molar-refractivity contribution is 0.990. The highest BCUT2D eigenvalue weighted by Gasteiger charge is 2.04. The second-order valence-corrected chi connectivity index (χ2v) is 2.45. The minimum atomic E-state index is -0.660. The minimum absolute atomic E-state index is 0.645. The molecule has 38 valence electrons. The van der Waals surface area contributed by atoms with E-state index in [1.165, 1.54) is 0 Å². The van der Waals surface area contributed by atoms with Crippen molar-refractivity contribution < 1.29 is 0 Å². The SMILES string of the molecule is NC(Cl)C(Cl)Cl. The van der Waals surface area contributed by atoms with Gasteiger partial charge in [-0.15, -0.1) is 34.8 Å². The van der Waals surface area contributed by atoms with Crippen molar-refractivity contribution in [3.05, 3.63) is 0 Å². The monoisotopic (exact) mass is 147 g/mol. The van der Waals surface area contributed by atoms with Gasteiger partial charge in [-0.2, -0.15) is 0 Å². The van der Waals surface area contributed by atoms with Crippen molar-refractivity contribution in [3.8, 4) is 0 Å². The van der Waals surface area contributed by atoms with Gasteiger partial charge in [0.15, 0.2) is 0 Å². The fraction of sp³-hybridized carbons (Fsp3) is 1.00. The van der Waals surface area contributed by atoms with Crippen molar-refractivity contribution in [2.75, 3.05) is 0 Å². The summed E-state index contributed by atoms with van der Waals surface area (Å²) in [5.74, 6) is 0. The van der Waals surface area contributed by atoms with Gasteiger partial charge in [-0.3, -0.25) is 0 Å². The molecule has 0 saturated carbocycles. The molecule has 6 heavy (non-hydrogen) atoms. The van der Waals surface area contributed by atoms with Crippen molar-refractivity contribution in [1.29, 1.82) is 0 Å².